The smallest absolute Gasteiger partial charge is 0.105 e. The van der Waals surface area contributed by atoms with E-state index in [-0.39, 0.29) is 0 Å². The lowest BCUT2D eigenvalue weighted by Gasteiger charge is -2.28. The summed E-state index contributed by atoms with van der Waals surface area (Å²) >= 11 is 0. The SMILES string of the molecule is CC(NCCc1ccco1)C1CCOCC1. The first-order valence-corrected chi connectivity index (χ1v) is 6.20. The van der Waals surface area contributed by atoms with Gasteiger partial charge in [-0.1, -0.05) is 0 Å². The molecule has 0 aromatic carbocycles. The fourth-order valence-electron chi connectivity index (χ4n) is 2.26. The Morgan fingerprint density at radius 1 is 1.44 bits per heavy atom. The highest BCUT2D eigenvalue weighted by Crippen LogP contribution is 2.18. The van der Waals surface area contributed by atoms with Gasteiger partial charge in [0.2, 0.25) is 0 Å². The Bertz CT molecular complexity index is 278. The van der Waals surface area contributed by atoms with E-state index in [9.17, 15) is 0 Å². The molecule has 90 valence electrons. The molecular formula is C13H21NO2. The molecule has 0 bridgehead atoms. The summed E-state index contributed by atoms with van der Waals surface area (Å²) in [4.78, 5) is 0. The fraction of sp³-hybridized carbons (Fsp3) is 0.692. The molecule has 0 spiro atoms. The number of nitrogens with one attached hydrogen (secondary N) is 1. The molecule has 0 saturated carbocycles. The zero-order valence-electron chi connectivity index (χ0n) is 9.95. The Morgan fingerprint density at radius 3 is 2.94 bits per heavy atom. The quantitative estimate of drug-likeness (QED) is 0.831. The van der Waals surface area contributed by atoms with Crippen molar-refractivity contribution in [2.24, 2.45) is 5.92 Å². The molecule has 16 heavy (non-hydrogen) atoms. The highest BCUT2D eigenvalue weighted by atomic mass is 16.5. The Hall–Kier alpha value is -0.800. The van der Waals surface area contributed by atoms with Gasteiger partial charge in [-0.2, -0.15) is 0 Å². The van der Waals surface area contributed by atoms with Crippen molar-refractivity contribution < 1.29 is 9.15 Å². The minimum absolute atomic E-state index is 0.582. The molecule has 0 radical (unpaired) electrons. The summed E-state index contributed by atoms with van der Waals surface area (Å²) < 4.78 is 10.7. The zero-order chi connectivity index (χ0) is 11.2. The molecule has 1 saturated heterocycles. The number of rotatable bonds is 5. The minimum atomic E-state index is 0.582. The molecule has 1 atom stereocenters. The van der Waals surface area contributed by atoms with E-state index in [0.29, 0.717) is 6.04 Å². The standard InChI is InChI=1S/C13H21NO2/c1-11(12-5-9-15-10-6-12)14-7-4-13-3-2-8-16-13/h2-3,8,11-12,14H,4-7,9-10H2,1H3. The molecule has 0 aliphatic carbocycles. The molecular weight excluding hydrogens is 202 g/mol. The van der Waals surface area contributed by atoms with Gasteiger partial charge in [-0.15, -0.1) is 0 Å². The van der Waals surface area contributed by atoms with Crippen LogP contribution in [0.5, 0.6) is 0 Å². The predicted molar refractivity (Wildman–Crippen MR) is 63.4 cm³/mol. The highest BCUT2D eigenvalue weighted by Gasteiger charge is 2.19. The third kappa shape index (κ3) is 3.35. The largest absolute Gasteiger partial charge is 0.469 e. The van der Waals surface area contributed by atoms with E-state index in [0.717, 1.165) is 37.9 Å². The van der Waals surface area contributed by atoms with Gasteiger partial charge < -0.3 is 14.5 Å². The van der Waals surface area contributed by atoms with E-state index in [1.165, 1.54) is 12.8 Å². The van der Waals surface area contributed by atoms with E-state index in [2.05, 4.69) is 12.2 Å². The van der Waals surface area contributed by atoms with Gasteiger partial charge >= 0.3 is 0 Å². The zero-order valence-corrected chi connectivity index (χ0v) is 9.95. The van der Waals surface area contributed by atoms with Crippen LogP contribution in [-0.2, 0) is 11.2 Å². The van der Waals surface area contributed by atoms with Crippen molar-refractivity contribution in [3.8, 4) is 0 Å². The Kier molecular flexibility index (Phi) is 4.43. The molecule has 1 aromatic rings. The van der Waals surface area contributed by atoms with Crippen LogP contribution in [0.3, 0.4) is 0 Å². The molecule has 2 rings (SSSR count). The maximum atomic E-state index is 5.37. The summed E-state index contributed by atoms with van der Waals surface area (Å²) in [6.07, 6.45) is 5.08. The van der Waals surface area contributed by atoms with Gasteiger partial charge in [0.15, 0.2) is 0 Å². The van der Waals surface area contributed by atoms with Crippen LogP contribution in [0, 0.1) is 5.92 Å². The molecule has 1 fully saturated rings. The van der Waals surface area contributed by atoms with Crippen molar-refractivity contribution in [3.63, 3.8) is 0 Å². The van der Waals surface area contributed by atoms with E-state index in [4.69, 9.17) is 9.15 Å². The molecule has 3 nitrogen and oxygen atoms in total. The first-order valence-electron chi connectivity index (χ1n) is 6.20. The van der Waals surface area contributed by atoms with Crippen LogP contribution < -0.4 is 5.32 Å². The van der Waals surface area contributed by atoms with E-state index < -0.39 is 0 Å². The summed E-state index contributed by atoms with van der Waals surface area (Å²) in [5.74, 6) is 1.83. The molecule has 1 aliphatic heterocycles. The van der Waals surface area contributed by atoms with E-state index in [1.54, 1.807) is 6.26 Å². The van der Waals surface area contributed by atoms with Crippen molar-refractivity contribution in [1.82, 2.24) is 5.32 Å². The number of furan rings is 1. The Labute approximate surface area is 97.2 Å². The molecule has 1 aliphatic rings. The monoisotopic (exact) mass is 223 g/mol. The summed E-state index contributed by atoms with van der Waals surface area (Å²) in [7, 11) is 0. The molecule has 1 N–H and O–H groups in total. The van der Waals surface area contributed by atoms with Gasteiger partial charge in [-0.05, 0) is 37.8 Å². The normalized spacial score (nSPS) is 19.8. The van der Waals surface area contributed by atoms with Crippen LogP contribution in [0.15, 0.2) is 22.8 Å². The predicted octanol–water partition coefficient (Wildman–Crippen LogP) is 2.23. The molecule has 3 heteroatoms. The maximum Gasteiger partial charge on any atom is 0.105 e. The molecule has 1 unspecified atom stereocenters. The van der Waals surface area contributed by atoms with Gasteiger partial charge in [0.05, 0.1) is 6.26 Å². The van der Waals surface area contributed by atoms with Crippen LogP contribution in [-0.4, -0.2) is 25.8 Å². The average molecular weight is 223 g/mol. The fourth-order valence-corrected chi connectivity index (χ4v) is 2.26. The average Bonchev–Trinajstić information content (AvgIpc) is 2.83. The van der Waals surface area contributed by atoms with Crippen molar-refractivity contribution in [3.05, 3.63) is 24.2 Å². The van der Waals surface area contributed by atoms with Crippen LogP contribution >= 0.6 is 0 Å². The Balaban J connectivity index is 1.65. The van der Waals surface area contributed by atoms with Crippen molar-refractivity contribution in [2.75, 3.05) is 19.8 Å². The van der Waals surface area contributed by atoms with Gasteiger partial charge in [-0.3, -0.25) is 0 Å². The lowest BCUT2D eigenvalue weighted by molar-refractivity contribution is 0.0560. The number of hydrogen-bond acceptors (Lipinski definition) is 3. The Morgan fingerprint density at radius 2 is 2.25 bits per heavy atom. The summed E-state index contributed by atoms with van der Waals surface area (Å²) in [5.41, 5.74) is 0. The molecule has 0 amide bonds. The van der Waals surface area contributed by atoms with Gasteiger partial charge in [0, 0.05) is 32.2 Å². The lowest BCUT2D eigenvalue weighted by atomic mass is 9.93. The van der Waals surface area contributed by atoms with Crippen LogP contribution in [0.25, 0.3) is 0 Å². The second kappa shape index (κ2) is 6.06. The summed E-state index contributed by atoms with van der Waals surface area (Å²) in [6.45, 7) is 5.12. The van der Waals surface area contributed by atoms with Gasteiger partial charge in [-0.25, -0.2) is 0 Å². The first kappa shape index (κ1) is 11.7. The third-order valence-electron chi connectivity index (χ3n) is 3.39. The number of ether oxygens (including phenoxy) is 1. The minimum Gasteiger partial charge on any atom is -0.469 e. The second-order valence-corrected chi connectivity index (χ2v) is 4.52. The third-order valence-corrected chi connectivity index (χ3v) is 3.39. The molecule has 2 heterocycles. The van der Waals surface area contributed by atoms with E-state index in [1.807, 2.05) is 12.1 Å². The van der Waals surface area contributed by atoms with Gasteiger partial charge in [0.1, 0.15) is 5.76 Å². The van der Waals surface area contributed by atoms with E-state index >= 15 is 0 Å². The topological polar surface area (TPSA) is 34.4 Å². The van der Waals surface area contributed by atoms with Crippen molar-refractivity contribution in [2.45, 2.75) is 32.2 Å². The first-order chi connectivity index (χ1) is 7.86. The lowest BCUT2D eigenvalue weighted by Crippen LogP contribution is -2.37. The van der Waals surface area contributed by atoms with Crippen molar-refractivity contribution >= 4 is 0 Å². The molecule has 1 aromatic heterocycles. The maximum absolute atomic E-state index is 5.37. The van der Waals surface area contributed by atoms with Crippen molar-refractivity contribution in [1.29, 1.82) is 0 Å². The van der Waals surface area contributed by atoms with Crippen LogP contribution in [0.2, 0.25) is 0 Å². The second-order valence-electron chi connectivity index (χ2n) is 4.52. The number of hydrogen-bond donors (Lipinski definition) is 1. The van der Waals surface area contributed by atoms with Crippen LogP contribution in [0.1, 0.15) is 25.5 Å². The van der Waals surface area contributed by atoms with Gasteiger partial charge in [0.25, 0.3) is 0 Å². The highest BCUT2D eigenvalue weighted by molar-refractivity contribution is 4.98. The van der Waals surface area contributed by atoms with Crippen LogP contribution in [0.4, 0.5) is 0 Å². The summed E-state index contributed by atoms with van der Waals surface area (Å²) in [5, 5.41) is 3.58. The summed E-state index contributed by atoms with van der Waals surface area (Å²) in [6, 6.07) is 4.55.